The summed E-state index contributed by atoms with van der Waals surface area (Å²) in [5, 5.41) is 0. The SMILES string of the molecule is CC/C=C(/CCCC)C(N)CC. The highest BCUT2D eigenvalue weighted by Crippen LogP contribution is 2.13. The molecule has 2 N–H and O–H groups in total. The quantitative estimate of drug-likeness (QED) is 0.607. The summed E-state index contributed by atoms with van der Waals surface area (Å²) in [5.74, 6) is 0. The number of unbranched alkanes of at least 4 members (excludes halogenated alkanes) is 1. The summed E-state index contributed by atoms with van der Waals surface area (Å²) in [5.41, 5.74) is 7.44. The molecule has 12 heavy (non-hydrogen) atoms. The molecule has 0 aromatic rings. The molecule has 0 spiro atoms. The summed E-state index contributed by atoms with van der Waals surface area (Å²) < 4.78 is 0. The molecular weight excluding hydrogens is 146 g/mol. The van der Waals surface area contributed by atoms with E-state index in [-0.39, 0.29) is 0 Å². The van der Waals surface area contributed by atoms with E-state index in [4.69, 9.17) is 5.73 Å². The lowest BCUT2D eigenvalue weighted by Gasteiger charge is -2.13. The molecule has 1 unspecified atom stereocenters. The van der Waals surface area contributed by atoms with Crippen LogP contribution in [0.3, 0.4) is 0 Å². The molecular formula is C11H23N. The third-order valence-electron chi connectivity index (χ3n) is 2.20. The Labute approximate surface area is 77.0 Å². The van der Waals surface area contributed by atoms with Gasteiger partial charge in [0.1, 0.15) is 0 Å². The molecule has 0 radical (unpaired) electrons. The largest absolute Gasteiger partial charge is 0.324 e. The van der Waals surface area contributed by atoms with Crippen LogP contribution in [0.1, 0.15) is 52.9 Å². The van der Waals surface area contributed by atoms with Gasteiger partial charge in [-0.3, -0.25) is 0 Å². The van der Waals surface area contributed by atoms with Crippen molar-refractivity contribution in [1.82, 2.24) is 0 Å². The molecule has 0 aliphatic carbocycles. The van der Waals surface area contributed by atoms with Crippen LogP contribution in [0.15, 0.2) is 11.6 Å². The first kappa shape index (κ1) is 11.7. The zero-order chi connectivity index (χ0) is 9.40. The fourth-order valence-electron chi connectivity index (χ4n) is 1.34. The van der Waals surface area contributed by atoms with Gasteiger partial charge in [-0.25, -0.2) is 0 Å². The van der Waals surface area contributed by atoms with Crippen LogP contribution in [0.5, 0.6) is 0 Å². The first-order valence-corrected chi connectivity index (χ1v) is 5.20. The fraction of sp³-hybridized carbons (Fsp3) is 0.818. The maximum absolute atomic E-state index is 5.98. The van der Waals surface area contributed by atoms with Crippen molar-refractivity contribution >= 4 is 0 Å². The predicted molar refractivity (Wildman–Crippen MR) is 56.2 cm³/mol. The van der Waals surface area contributed by atoms with Gasteiger partial charge in [0.2, 0.25) is 0 Å². The van der Waals surface area contributed by atoms with Crippen molar-refractivity contribution in [2.45, 2.75) is 58.9 Å². The Balaban J connectivity index is 3.94. The van der Waals surface area contributed by atoms with Gasteiger partial charge in [-0.1, -0.05) is 38.8 Å². The van der Waals surface area contributed by atoms with Gasteiger partial charge in [-0.2, -0.15) is 0 Å². The molecule has 0 aromatic heterocycles. The Morgan fingerprint density at radius 1 is 1.33 bits per heavy atom. The Morgan fingerprint density at radius 2 is 2.00 bits per heavy atom. The van der Waals surface area contributed by atoms with Gasteiger partial charge in [0.25, 0.3) is 0 Å². The number of allylic oxidation sites excluding steroid dienone is 1. The third kappa shape index (κ3) is 4.55. The maximum atomic E-state index is 5.98. The summed E-state index contributed by atoms with van der Waals surface area (Å²) in [7, 11) is 0. The minimum absolute atomic E-state index is 0.302. The van der Waals surface area contributed by atoms with Crippen LogP contribution in [0.4, 0.5) is 0 Å². The Bertz CT molecular complexity index is 127. The highest BCUT2D eigenvalue weighted by atomic mass is 14.6. The number of hydrogen-bond donors (Lipinski definition) is 1. The second-order valence-electron chi connectivity index (χ2n) is 3.31. The molecule has 0 bridgehead atoms. The zero-order valence-corrected chi connectivity index (χ0v) is 8.77. The second-order valence-corrected chi connectivity index (χ2v) is 3.31. The molecule has 1 heteroatoms. The summed E-state index contributed by atoms with van der Waals surface area (Å²) in [4.78, 5) is 0. The van der Waals surface area contributed by atoms with Crippen molar-refractivity contribution in [1.29, 1.82) is 0 Å². The average Bonchev–Trinajstić information content (AvgIpc) is 2.11. The minimum Gasteiger partial charge on any atom is -0.324 e. The Hall–Kier alpha value is -0.300. The molecule has 0 amide bonds. The van der Waals surface area contributed by atoms with E-state index in [0.717, 1.165) is 12.8 Å². The molecule has 0 rings (SSSR count). The van der Waals surface area contributed by atoms with Crippen molar-refractivity contribution in [3.05, 3.63) is 11.6 Å². The van der Waals surface area contributed by atoms with Crippen LogP contribution >= 0.6 is 0 Å². The lowest BCUT2D eigenvalue weighted by atomic mass is 9.99. The van der Waals surface area contributed by atoms with E-state index in [9.17, 15) is 0 Å². The fourth-order valence-corrected chi connectivity index (χ4v) is 1.34. The molecule has 0 heterocycles. The van der Waals surface area contributed by atoms with Crippen molar-refractivity contribution in [3.8, 4) is 0 Å². The first-order valence-electron chi connectivity index (χ1n) is 5.20. The normalized spacial score (nSPS) is 14.8. The van der Waals surface area contributed by atoms with Crippen LogP contribution in [-0.2, 0) is 0 Å². The zero-order valence-electron chi connectivity index (χ0n) is 8.77. The number of nitrogens with two attached hydrogens (primary N) is 1. The van der Waals surface area contributed by atoms with Gasteiger partial charge >= 0.3 is 0 Å². The monoisotopic (exact) mass is 169 g/mol. The van der Waals surface area contributed by atoms with Crippen LogP contribution < -0.4 is 5.73 Å². The Morgan fingerprint density at radius 3 is 2.42 bits per heavy atom. The van der Waals surface area contributed by atoms with Gasteiger partial charge < -0.3 is 5.73 Å². The van der Waals surface area contributed by atoms with E-state index >= 15 is 0 Å². The molecule has 0 aromatic carbocycles. The smallest absolute Gasteiger partial charge is 0.0250 e. The van der Waals surface area contributed by atoms with Crippen LogP contribution in [0.25, 0.3) is 0 Å². The van der Waals surface area contributed by atoms with Gasteiger partial charge in [0, 0.05) is 6.04 Å². The van der Waals surface area contributed by atoms with E-state index in [0.29, 0.717) is 6.04 Å². The molecule has 72 valence electrons. The van der Waals surface area contributed by atoms with E-state index in [1.54, 1.807) is 0 Å². The van der Waals surface area contributed by atoms with E-state index in [2.05, 4.69) is 26.8 Å². The minimum atomic E-state index is 0.302. The molecule has 0 aliphatic rings. The van der Waals surface area contributed by atoms with Gasteiger partial charge in [0.15, 0.2) is 0 Å². The summed E-state index contributed by atoms with van der Waals surface area (Å²) in [6.07, 6.45) is 8.21. The maximum Gasteiger partial charge on any atom is 0.0250 e. The molecule has 0 saturated carbocycles. The predicted octanol–water partition coefficient (Wildman–Crippen LogP) is 3.25. The van der Waals surface area contributed by atoms with E-state index < -0.39 is 0 Å². The molecule has 1 nitrogen and oxygen atoms in total. The molecule has 0 fully saturated rings. The van der Waals surface area contributed by atoms with E-state index in [1.807, 2.05) is 0 Å². The standard InChI is InChI=1S/C11H23N/c1-4-7-9-10(8-5-2)11(12)6-3/h8,11H,4-7,9,12H2,1-3H3/b10-8-. The summed E-state index contributed by atoms with van der Waals surface area (Å²) in [6, 6.07) is 0.302. The lowest BCUT2D eigenvalue weighted by Crippen LogP contribution is -2.21. The molecule has 0 aliphatic heterocycles. The Kier molecular flexibility index (Phi) is 7.17. The van der Waals surface area contributed by atoms with Crippen LogP contribution in [-0.4, -0.2) is 6.04 Å². The lowest BCUT2D eigenvalue weighted by molar-refractivity contribution is 0.666. The van der Waals surface area contributed by atoms with Crippen molar-refractivity contribution in [2.24, 2.45) is 5.73 Å². The van der Waals surface area contributed by atoms with Crippen molar-refractivity contribution in [3.63, 3.8) is 0 Å². The first-order chi connectivity index (χ1) is 5.76. The van der Waals surface area contributed by atoms with Gasteiger partial charge in [-0.15, -0.1) is 0 Å². The van der Waals surface area contributed by atoms with Gasteiger partial charge in [0.05, 0.1) is 0 Å². The number of hydrogen-bond acceptors (Lipinski definition) is 1. The van der Waals surface area contributed by atoms with Crippen molar-refractivity contribution < 1.29 is 0 Å². The summed E-state index contributed by atoms with van der Waals surface area (Å²) >= 11 is 0. The van der Waals surface area contributed by atoms with Crippen LogP contribution in [0, 0.1) is 0 Å². The topological polar surface area (TPSA) is 26.0 Å². The van der Waals surface area contributed by atoms with Crippen LogP contribution in [0.2, 0.25) is 0 Å². The second kappa shape index (κ2) is 7.35. The molecule has 1 atom stereocenters. The number of rotatable bonds is 6. The third-order valence-corrected chi connectivity index (χ3v) is 2.20. The summed E-state index contributed by atoms with van der Waals surface area (Å²) in [6.45, 7) is 6.55. The molecule has 0 saturated heterocycles. The van der Waals surface area contributed by atoms with Gasteiger partial charge in [-0.05, 0) is 25.7 Å². The van der Waals surface area contributed by atoms with Crippen molar-refractivity contribution in [2.75, 3.05) is 0 Å². The highest BCUT2D eigenvalue weighted by Gasteiger charge is 2.04. The average molecular weight is 169 g/mol. The highest BCUT2D eigenvalue weighted by molar-refractivity contribution is 5.09. The van der Waals surface area contributed by atoms with E-state index in [1.165, 1.54) is 24.8 Å².